The number of aromatic nitrogens is 3. The van der Waals surface area contributed by atoms with Crippen molar-refractivity contribution in [3.05, 3.63) is 41.2 Å². The molecule has 7 nitrogen and oxygen atoms in total. The molecule has 1 amide bonds. The van der Waals surface area contributed by atoms with Crippen LogP contribution in [0.5, 0.6) is 0 Å². The topological polar surface area (TPSA) is 88.3 Å². The number of carbonyl (C=O) groups excluding carboxylic acids is 1. The number of nitrogens with zero attached hydrogens (tertiary/aromatic N) is 4. The molecule has 1 aromatic heterocycles. The van der Waals surface area contributed by atoms with E-state index in [4.69, 9.17) is 5.11 Å². The molecule has 0 bridgehead atoms. The first-order valence-electron chi connectivity index (χ1n) is 5.77. The Morgan fingerprint density at radius 3 is 3.10 bits per heavy atom. The molecule has 0 saturated carbocycles. The predicted octanol–water partition coefficient (Wildman–Crippen LogP) is 0.689. The number of thioether (sulfide) groups is 1. The van der Waals surface area contributed by atoms with Crippen LogP contribution in [0.15, 0.2) is 35.5 Å². The van der Waals surface area contributed by atoms with E-state index in [1.165, 1.54) is 22.1 Å². The summed E-state index contributed by atoms with van der Waals surface area (Å²) in [6.07, 6.45) is 5.04. The second kappa shape index (κ2) is 4.64. The zero-order valence-electron chi connectivity index (χ0n) is 10.3. The molecule has 1 aromatic rings. The van der Waals surface area contributed by atoms with Crippen molar-refractivity contribution in [2.75, 3.05) is 0 Å². The summed E-state index contributed by atoms with van der Waals surface area (Å²) in [5.41, 5.74) is 1.13. The minimum atomic E-state index is -1.09. The summed E-state index contributed by atoms with van der Waals surface area (Å²) in [4.78, 5) is 24.2. The second-order valence-electron chi connectivity index (χ2n) is 4.23. The van der Waals surface area contributed by atoms with Crippen molar-refractivity contribution in [2.45, 2.75) is 11.9 Å². The summed E-state index contributed by atoms with van der Waals surface area (Å²) >= 11 is 1.30. The van der Waals surface area contributed by atoms with Gasteiger partial charge in [0.1, 0.15) is 16.8 Å². The van der Waals surface area contributed by atoms with E-state index in [1.807, 2.05) is 0 Å². The molecule has 0 aromatic carbocycles. The molecule has 8 heteroatoms. The Bertz CT molecular complexity index is 676. The lowest BCUT2D eigenvalue weighted by Crippen LogP contribution is -2.51. The number of allylic oxidation sites excluding steroid dienone is 1. The van der Waals surface area contributed by atoms with Gasteiger partial charge in [0.15, 0.2) is 0 Å². The van der Waals surface area contributed by atoms with Crippen LogP contribution in [0.2, 0.25) is 0 Å². The van der Waals surface area contributed by atoms with Gasteiger partial charge in [0.25, 0.3) is 5.91 Å². The predicted molar refractivity (Wildman–Crippen MR) is 72.1 cm³/mol. The quantitative estimate of drug-likeness (QED) is 0.498. The highest BCUT2D eigenvalue weighted by Crippen LogP contribution is 2.44. The summed E-state index contributed by atoms with van der Waals surface area (Å²) in [6, 6.07) is 0. The van der Waals surface area contributed by atoms with Crippen molar-refractivity contribution in [2.24, 2.45) is 0 Å². The fourth-order valence-electron chi connectivity index (χ4n) is 2.03. The first kappa shape index (κ1) is 12.7. The molecule has 0 aliphatic carbocycles. The van der Waals surface area contributed by atoms with Crippen molar-refractivity contribution < 1.29 is 14.7 Å². The molecule has 0 spiro atoms. The number of amides is 1. The largest absolute Gasteiger partial charge is 0.477 e. The van der Waals surface area contributed by atoms with Gasteiger partial charge in [0, 0.05) is 5.41 Å². The van der Waals surface area contributed by atoms with Gasteiger partial charge in [0.05, 0.1) is 18.3 Å². The van der Waals surface area contributed by atoms with Gasteiger partial charge in [-0.05, 0) is 6.08 Å². The fraction of sp³-hybridized carbons (Fsp3) is 0.167. The Hall–Kier alpha value is -2.35. The Kier molecular flexibility index (Phi) is 2.94. The SMILES string of the molecule is C=CCn1cc(/C=C2\C(=O)N3C(C(=O)O)=CS[C@H]23)nn1. The molecule has 0 unspecified atom stereocenters. The zero-order chi connectivity index (χ0) is 14.3. The van der Waals surface area contributed by atoms with E-state index in [9.17, 15) is 9.59 Å². The molecule has 2 aliphatic rings. The van der Waals surface area contributed by atoms with Crippen LogP contribution in [0.3, 0.4) is 0 Å². The lowest BCUT2D eigenvalue weighted by Gasteiger charge is -2.36. The number of carboxylic acid groups (broad SMARTS) is 1. The minimum absolute atomic E-state index is 0.0254. The number of carboxylic acids is 1. The van der Waals surface area contributed by atoms with Crippen LogP contribution in [0.4, 0.5) is 0 Å². The summed E-state index contributed by atoms with van der Waals surface area (Å²) in [5.74, 6) is -1.39. The van der Waals surface area contributed by atoms with E-state index in [1.54, 1.807) is 23.0 Å². The molecule has 1 atom stereocenters. The van der Waals surface area contributed by atoms with Gasteiger partial charge in [-0.2, -0.15) is 0 Å². The van der Waals surface area contributed by atoms with Gasteiger partial charge in [-0.25, -0.2) is 9.48 Å². The Morgan fingerprint density at radius 2 is 2.40 bits per heavy atom. The summed E-state index contributed by atoms with van der Waals surface area (Å²) < 4.78 is 1.60. The standard InChI is InChI=1S/C12H10N4O3S/c1-2-3-15-5-7(13-14-15)4-8-10(17)16-9(12(18)19)6-20-11(8)16/h2,4-6,11H,1,3H2,(H,18,19)/b8-4+/t11-/m1/s1. The number of rotatable bonds is 4. The van der Waals surface area contributed by atoms with Crippen LogP contribution in [-0.2, 0) is 16.1 Å². The lowest BCUT2D eigenvalue weighted by atomic mass is 10.0. The molecule has 3 rings (SSSR count). The van der Waals surface area contributed by atoms with Crippen molar-refractivity contribution >= 4 is 29.7 Å². The van der Waals surface area contributed by atoms with Crippen LogP contribution in [0, 0.1) is 0 Å². The second-order valence-corrected chi connectivity index (χ2v) is 5.18. The number of hydrogen-bond donors (Lipinski definition) is 1. The molecule has 3 heterocycles. The van der Waals surface area contributed by atoms with Crippen molar-refractivity contribution in [3.63, 3.8) is 0 Å². The highest BCUT2D eigenvalue weighted by Gasteiger charge is 2.49. The van der Waals surface area contributed by atoms with E-state index in [0.29, 0.717) is 17.8 Å². The Labute approximate surface area is 118 Å². The number of aliphatic carboxylic acids is 1. The molecule has 2 aliphatic heterocycles. The summed E-state index contributed by atoms with van der Waals surface area (Å²) in [6.45, 7) is 4.14. The van der Waals surface area contributed by atoms with Gasteiger partial charge in [-0.1, -0.05) is 11.3 Å². The number of fused-ring (bicyclic) bond motifs is 1. The Morgan fingerprint density at radius 1 is 1.60 bits per heavy atom. The van der Waals surface area contributed by atoms with Crippen LogP contribution in [0.1, 0.15) is 5.69 Å². The van der Waals surface area contributed by atoms with Gasteiger partial charge in [0.2, 0.25) is 0 Å². The zero-order valence-corrected chi connectivity index (χ0v) is 11.1. The van der Waals surface area contributed by atoms with E-state index >= 15 is 0 Å². The Balaban J connectivity index is 1.80. The van der Waals surface area contributed by atoms with Gasteiger partial charge >= 0.3 is 5.97 Å². The van der Waals surface area contributed by atoms with Crippen LogP contribution in [0.25, 0.3) is 6.08 Å². The molecule has 20 heavy (non-hydrogen) atoms. The maximum absolute atomic E-state index is 12.0. The lowest BCUT2D eigenvalue weighted by molar-refractivity contribution is -0.141. The maximum atomic E-state index is 12.0. The third kappa shape index (κ3) is 1.85. The molecule has 0 radical (unpaired) electrons. The van der Waals surface area contributed by atoms with Gasteiger partial charge < -0.3 is 5.11 Å². The minimum Gasteiger partial charge on any atom is -0.477 e. The average Bonchev–Trinajstić information content (AvgIpc) is 3.00. The van der Waals surface area contributed by atoms with Crippen molar-refractivity contribution in [3.8, 4) is 0 Å². The third-order valence-electron chi connectivity index (χ3n) is 2.93. The number of carbonyl (C=O) groups is 2. The number of hydrogen-bond acceptors (Lipinski definition) is 5. The van der Waals surface area contributed by atoms with Gasteiger partial charge in [-0.15, -0.1) is 23.4 Å². The molecule has 1 N–H and O–H groups in total. The average molecular weight is 290 g/mol. The van der Waals surface area contributed by atoms with E-state index in [-0.39, 0.29) is 17.0 Å². The first-order valence-corrected chi connectivity index (χ1v) is 6.71. The van der Waals surface area contributed by atoms with E-state index < -0.39 is 5.97 Å². The first-order chi connectivity index (χ1) is 9.61. The normalized spacial score (nSPS) is 22.5. The third-order valence-corrected chi connectivity index (χ3v) is 4.01. The molecular weight excluding hydrogens is 280 g/mol. The van der Waals surface area contributed by atoms with E-state index in [2.05, 4.69) is 16.9 Å². The fourth-order valence-corrected chi connectivity index (χ4v) is 3.15. The van der Waals surface area contributed by atoms with Crippen molar-refractivity contribution in [1.82, 2.24) is 19.9 Å². The van der Waals surface area contributed by atoms with Crippen LogP contribution >= 0.6 is 11.8 Å². The molecule has 1 fully saturated rings. The van der Waals surface area contributed by atoms with Crippen LogP contribution < -0.4 is 0 Å². The number of β-lactam (4-membered cyclic amide) rings is 1. The molecule has 1 saturated heterocycles. The summed E-state index contributed by atoms with van der Waals surface area (Å²) in [5, 5.41) is 18.0. The maximum Gasteiger partial charge on any atom is 0.353 e. The molecule has 102 valence electrons. The smallest absolute Gasteiger partial charge is 0.353 e. The van der Waals surface area contributed by atoms with E-state index in [0.717, 1.165) is 0 Å². The summed E-state index contributed by atoms with van der Waals surface area (Å²) in [7, 11) is 0. The highest BCUT2D eigenvalue weighted by atomic mass is 32.2. The molecular formula is C12H10N4O3S. The van der Waals surface area contributed by atoms with Gasteiger partial charge in [-0.3, -0.25) is 9.69 Å². The monoisotopic (exact) mass is 290 g/mol. The van der Waals surface area contributed by atoms with Crippen molar-refractivity contribution in [1.29, 1.82) is 0 Å². The van der Waals surface area contributed by atoms with Crippen LogP contribution in [-0.4, -0.2) is 42.3 Å². The highest BCUT2D eigenvalue weighted by molar-refractivity contribution is 8.03.